The third kappa shape index (κ3) is 3.65. The van der Waals surface area contributed by atoms with Gasteiger partial charge in [-0.3, -0.25) is 0 Å². The van der Waals surface area contributed by atoms with Crippen molar-refractivity contribution in [2.75, 3.05) is 26.3 Å². The maximum absolute atomic E-state index is 12.8. The fraction of sp³-hybridized carbons (Fsp3) is 0.235. The van der Waals surface area contributed by atoms with Crippen molar-refractivity contribution in [1.29, 1.82) is 0 Å². The van der Waals surface area contributed by atoms with Crippen LogP contribution in [-0.2, 0) is 14.8 Å². The standard InChI is InChI=1S/C17H17NO6S/c19-15-3-1-12(2-4-15)13-9-14(17(20)21)11-16(10-13)25(22,23)18-5-7-24-8-6-18/h1-4,9-11,19H,5-8H2,(H,20,21). The molecule has 1 fully saturated rings. The molecule has 0 spiro atoms. The number of nitrogens with zero attached hydrogens (tertiary/aromatic N) is 1. The molecule has 7 nitrogen and oxygen atoms in total. The van der Waals surface area contributed by atoms with E-state index in [1.807, 2.05) is 0 Å². The molecule has 0 amide bonds. The van der Waals surface area contributed by atoms with Crippen molar-refractivity contribution in [2.45, 2.75) is 4.90 Å². The number of benzene rings is 2. The van der Waals surface area contributed by atoms with Gasteiger partial charge in [0.25, 0.3) is 0 Å². The molecule has 0 bridgehead atoms. The van der Waals surface area contributed by atoms with Crippen LogP contribution >= 0.6 is 0 Å². The number of carbonyl (C=O) groups is 1. The van der Waals surface area contributed by atoms with Gasteiger partial charge < -0.3 is 14.9 Å². The zero-order chi connectivity index (χ0) is 18.0. The molecule has 1 aliphatic heterocycles. The van der Waals surface area contributed by atoms with E-state index < -0.39 is 16.0 Å². The van der Waals surface area contributed by atoms with Gasteiger partial charge in [-0.2, -0.15) is 4.31 Å². The lowest BCUT2D eigenvalue weighted by atomic mass is 10.0. The third-order valence-corrected chi connectivity index (χ3v) is 5.84. The molecule has 0 atom stereocenters. The maximum atomic E-state index is 12.8. The van der Waals surface area contributed by atoms with Gasteiger partial charge in [-0.15, -0.1) is 0 Å². The van der Waals surface area contributed by atoms with Crippen molar-refractivity contribution >= 4 is 16.0 Å². The van der Waals surface area contributed by atoms with Crippen molar-refractivity contribution in [3.63, 3.8) is 0 Å². The topological polar surface area (TPSA) is 104 Å². The molecule has 1 saturated heterocycles. The van der Waals surface area contributed by atoms with E-state index in [0.717, 1.165) is 6.07 Å². The first-order valence-corrected chi connectivity index (χ1v) is 9.07. The van der Waals surface area contributed by atoms with Gasteiger partial charge >= 0.3 is 5.97 Å². The van der Waals surface area contributed by atoms with Crippen LogP contribution < -0.4 is 0 Å². The molecule has 1 aliphatic rings. The molecule has 132 valence electrons. The summed E-state index contributed by atoms with van der Waals surface area (Å²) in [6.45, 7) is 1.08. The first-order chi connectivity index (χ1) is 11.9. The zero-order valence-corrected chi connectivity index (χ0v) is 14.1. The number of rotatable bonds is 4. The van der Waals surface area contributed by atoms with Gasteiger partial charge in [0.05, 0.1) is 23.7 Å². The summed E-state index contributed by atoms with van der Waals surface area (Å²) in [5.41, 5.74) is 0.948. The van der Waals surface area contributed by atoms with E-state index in [1.165, 1.54) is 28.6 Å². The minimum Gasteiger partial charge on any atom is -0.508 e. The summed E-state index contributed by atoms with van der Waals surface area (Å²) in [4.78, 5) is 11.4. The minimum atomic E-state index is -3.82. The Kier molecular flexibility index (Phi) is 4.76. The monoisotopic (exact) mass is 363 g/mol. The Bertz CT molecular complexity index is 886. The van der Waals surface area contributed by atoms with Gasteiger partial charge in [-0.25, -0.2) is 13.2 Å². The summed E-state index contributed by atoms with van der Waals surface area (Å²) in [7, 11) is -3.82. The summed E-state index contributed by atoms with van der Waals surface area (Å²) < 4.78 is 32.1. The maximum Gasteiger partial charge on any atom is 0.335 e. The largest absolute Gasteiger partial charge is 0.508 e. The number of aromatic hydroxyl groups is 1. The van der Waals surface area contributed by atoms with E-state index >= 15 is 0 Å². The number of phenolic OH excluding ortho intramolecular Hbond substituents is 1. The Morgan fingerprint density at radius 3 is 2.24 bits per heavy atom. The van der Waals surface area contributed by atoms with Gasteiger partial charge in [0, 0.05) is 13.1 Å². The molecule has 0 unspecified atom stereocenters. The van der Waals surface area contributed by atoms with Crippen LogP contribution in [0.3, 0.4) is 0 Å². The number of ether oxygens (including phenoxy) is 1. The number of hydrogen-bond donors (Lipinski definition) is 2. The van der Waals surface area contributed by atoms with E-state index in [9.17, 15) is 23.4 Å². The van der Waals surface area contributed by atoms with Crippen molar-refractivity contribution in [3.8, 4) is 16.9 Å². The lowest BCUT2D eigenvalue weighted by Crippen LogP contribution is -2.40. The second-order valence-electron chi connectivity index (χ2n) is 5.61. The molecule has 0 aliphatic carbocycles. The predicted molar refractivity (Wildman–Crippen MR) is 90.1 cm³/mol. The highest BCUT2D eigenvalue weighted by Gasteiger charge is 2.27. The zero-order valence-electron chi connectivity index (χ0n) is 13.3. The highest BCUT2D eigenvalue weighted by atomic mass is 32.2. The molecule has 0 saturated carbocycles. The second-order valence-corrected chi connectivity index (χ2v) is 7.55. The summed E-state index contributed by atoms with van der Waals surface area (Å²) in [5, 5.41) is 18.7. The molecule has 2 aromatic rings. The molecule has 25 heavy (non-hydrogen) atoms. The van der Waals surface area contributed by atoms with Crippen molar-refractivity contribution < 1.29 is 28.2 Å². The van der Waals surface area contributed by atoms with E-state index in [1.54, 1.807) is 12.1 Å². The van der Waals surface area contributed by atoms with Gasteiger partial charge in [0.15, 0.2) is 0 Å². The van der Waals surface area contributed by atoms with E-state index in [2.05, 4.69) is 0 Å². The molecule has 2 N–H and O–H groups in total. The molecular formula is C17H17NO6S. The molecule has 8 heteroatoms. The molecule has 0 aromatic heterocycles. The highest BCUT2D eigenvalue weighted by Crippen LogP contribution is 2.28. The molecular weight excluding hydrogens is 346 g/mol. The van der Waals surface area contributed by atoms with Gasteiger partial charge in [-0.1, -0.05) is 12.1 Å². The lowest BCUT2D eigenvalue weighted by molar-refractivity contribution is 0.0696. The number of carboxylic acids is 1. The fourth-order valence-electron chi connectivity index (χ4n) is 2.63. The highest BCUT2D eigenvalue weighted by molar-refractivity contribution is 7.89. The molecule has 3 rings (SSSR count). The number of sulfonamides is 1. The number of hydrogen-bond acceptors (Lipinski definition) is 5. The van der Waals surface area contributed by atoms with E-state index in [-0.39, 0.29) is 29.3 Å². The van der Waals surface area contributed by atoms with Crippen LogP contribution in [0.1, 0.15) is 10.4 Å². The summed E-state index contributed by atoms with van der Waals surface area (Å²) >= 11 is 0. The number of aromatic carboxylic acids is 1. The molecule has 0 radical (unpaired) electrons. The van der Waals surface area contributed by atoms with E-state index in [4.69, 9.17) is 4.74 Å². The summed E-state index contributed by atoms with van der Waals surface area (Å²) in [6, 6.07) is 10.1. The average molecular weight is 363 g/mol. The van der Waals surface area contributed by atoms with Crippen LogP contribution in [0.25, 0.3) is 11.1 Å². The van der Waals surface area contributed by atoms with Crippen LogP contribution in [-0.4, -0.2) is 55.2 Å². The van der Waals surface area contributed by atoms with E-state index in [0.29, 0.717) is 24.3 Å². The molecule has 2 aromatic carbocycles. The van der Waals surface area contributed by atoms with Crippen LogP contribution in [0.5, 0.6) is 5.75 Å². The Morgan fingerprint density at radius 2 is 1.64 bits per heavy atom. The van der Waals surface area contributed by atoms with Crippen LogP contribution in [0.15, 0.2) is 47.4 Å². The van der Waals surface area contributed by atoms with Gasteiger partial charge in [-0.05, 0) is 41.5 Å². The lowest BCUT2D eigenvalue weighted by Gasteiger charge is -2.26. The van der Waals surface area contributed by atoms with Crippen LogP contribution in [0.2, 0.25) is 0 Å². The normalized spacial score (nSPS) is 15.8. The smallest absolute Gasteiger partial charge is 0.335 e. The minimum absolute atomic E-state index is 0.0688. The fourth-order valence-corrected chi connectivity index (χ4v) is 4.11. The average Bonchev–Trinajstić information content (AvgIpc) is 2.62. The number of phenols is 1. The van der Waals surface area contributed by atoms with Crippen molar-refractivity contribution in [1.82, 2.24) is 4.31 Å². The first kappa shape index (κ1) is 17.4. The van der Waals surface area contributed by atoms with Gasteiger partial charge in [0.2, 0.25) is 10.0 Å². The Balaban J connectivity index is 2.10. The first-order valence-electron chi connectivity index (χ1n) is 7.63. The van der Waals surface area contributed by atoms with Crippen molar-refractivity contribution in [2.24, 2.45) is 0 Å². The number of morpholine rings is 1. The van der Waals surface area contributed by atoms with Crippen LogP contribution in [0.4, 0.5) is 0 Å². The Morgan fingerprint density at radius 1 is 1.00 bits per heavy atom. The molecule has 1 heterocycles. The Labute approximate surface area is 145 Å². The quantitative estimate of drug-likeness (QED) is 0.858. The van der Waals surface area contributed by atoms with Crippen molar-refractivity contribution in [3.05, 3.63) is 48.0 Å². The second kappa shape index (κ2) is 6.83. The number of carboxylic acid groups (broad SMARTS) is 1. The van der Waals surface area contributed by atoms with Crippen LogP contribution in [0, 0.1) is 0 Å². The Hall–Kier alpha value is -2.42. The third-order valence-electron chi connectivity index (χ3n) is 3.96. The van der Waals surface area contributed by atoms with Gasteiger partial charge in [0.1, 0.15) is 5.75 Å². The predicted octanol–water partition coefficient (Wildman–Crippen LogP) is 1.78. The SMILES string of the molecule is O=C(O)c1cc(-c2ccc(O)cc2)cc(S(=O)(=O)N2CCOCC2)c1. The summed E-state index contributed by atoms with van der Waals surface area (Å²) in [6.07, 6.45) is 0. The summed E-state index contributed by atoms with van der Waals surface area (Å²) in [5.74, 6) is -1.14.